The molecule has 2 aliphatic rings. The lowest BCUT2D eigenvalue weighted by atomic mass is 10.0. The van der Waals surface area contributed by atoms with Crippen molar-refractivity contribution in [2.45, 2.75) is 12.6 Å². The van der Waals surface area contributed by atoms with Gasteiger partial charge in [-0.3, -0.25) is 9.78 Å². The second-order valence-electron chi connectivity index (χ2n) is 6.44. The lowest BCUT2D eigenvalue weighted by Crippen LogP contribution is -2.54. The standard InChI is InChI=1S/C19H16ClN3O2/c20-13-5-3-12(4-6-13)16-17-15(2-1-7-21-17)23-10-14-11-25-9-8-22(14)19(24)18(16)23/h1-7,14H,8-11H2. The predicted molar refractivity (Wildman–Crippen MR) is 95.8 cm³/mol. The van der Waals surface area contributed by atoms with E-state index >= 15 is 0 Å². The molecule has 5 nitrogen and oxygen atoms in total. The number of morpholine rings is 1. The highest BCUT2D eigenvalue weighted by Crippen LogP contribution is 2.38. The summed E-state index contributed by atoms with van der Waals surface area (Å²) < 4.78 is 7.68. The molecule has 1 atom stereocenters. The Labute approximate surface area is 149 Å². The van der Waals surface area contributed by atoms with E-state index in [-0.39, 0.29) is 11.9 Å². The molecule has 1 amide bonds. The van der Waals surface area contributed by atoms with Crippen LogP contribution in [-0.2, 0) is 11.3 Å². The van der Waals surface area contributed by atoms with E-state index in [0.29, 0.717) is 30.5 Å². The minimum Gasteiger partial charge on any atom is -0.377 e. The number of amides is 1. The van der Waals surface area contributed by atoms with Gasteiger partial charge in [0.15, 0.2) is 0 Å². The van der Waals surface area contributed by atoms with E-state index in [9.17, 15) is 4.79 Å². The molecule has 1 unspecified atom stereocenters. The highest BCUT2D eigenvalue weighted by atomic mass is 35.5. The van der Waals surface area contributed by atoms with Crippen LogP contribution in [0.15, 0.2) is 42.6 Å². The number of fused-ring (bicyclic) bond motifs is 4. The molecule has 0 spiro atoms. The first-order valence-electron chi connectivity index (χ1n) is 8.36. The largest absolute Gasteiger partial charge is 0.377 e. The minimum atomic E-state index is 0.0579. The Morgan fingerprint density at radius 1 is 1.20 bits per heavy atom. The molecule has 5 rings (SSSR count). The smallest absolute Gasteiger partial charge is 0.271 e. The highest BCUT2D eigenvalue weighted by Gasteiger charge is 2.38. The van der Waals surface area contributed by atoms with Gasteiger partial charge in [-0.25, -0.2) is 0 Å². The first kappa shape index (κ1) is 14.9. The van der Waals surface area contributed by atoms with Crippen LogP contribution in [0.3, 0.4) is 0 Å². The molecule has 1 saturated heterocycles. The summed E-state index contributed by atoms with van der Waals surface area (Å²) in [6, 6.07) is 11.6. The predicted octanol–water partition coefficient (Wildman–Crippen LogP) is 3.21. The van der Waals surface area contributed by atoms with Gasteiger partial charge in [-0.15, -0.1) is 0 Å². The molecule has 1 aromatic carbocycles. The van der Waals surface area contributed by atoms with Crippen LogP contribution in [0.4, 0.5) is 0 Å². The summed E-state index contributed by atoms with van der Waals surface area (Å²) in [4.78, 5) is 19.8. The van der Waals surface area contributed by atoms with E-state index in [0.717, 1.165) is 28.7 Å². The van der Waals surface area contributed by atoms with Crippen molar-refractivity contribution in [3.63, 3.8) is 0 Å². The van der Waals surface area contributed by atoms with Gasteiger partial charge >= 0.3 is 0 Å². The van der Waals surface area contributed by atoms with Gasteiger partial charge in [-0.1, -0.05) is 23.7 Å². The molecule has 1 fully saturated rings. The lowest BCUT2D eigenvalue weighted by Gasteiger charge is -2.40. The molecular formula is C19H16ClN3O2. The van der Waals surface area contributed by atoms with Gasteiger partial charge in [0.25, 0.3) is 5.91 Å². The summed E-state index contributed by atoms with van der Waals surface area (Å²) in [7, 11) is 0. The van der Waals surface area contributed by atoms with Crippen molar-refractivity contribution in [2.75, 3.05) is 19.8 Å². The number of nitrogens with zero attached hydrogens (tertiary/aromatic N) is 3. The van der Waals surface area contributed by atoms with Gasteiger partial charge in [0.2, 0.25) is 0 Å². The fourth-order valence-corrected chi connectivity index (χ4v) is 4.02. The van der Waals surface area contributed by atoms with E-state index in [2.05, 4.69) is 9.55 Å². The van der Waals surface area contributed by atoms with E-state index in [1.807, 2.05) is 41.3 Å². The van der Waals surface area contributed by atoms with Gasteiger partial charge in [-0.05, 0) is 29.8 Å². The Balaban J connectivity index is 1.80. The number of halogens is 1. The van der Waals surface area contributed by atoms with Crippen LogP contribution in [0, 0.1) is 0 Å². The molecule has 0 aliphatic carbocycles. The number of carbonyl (C=O) groups excluding carboxylic acids is 1. The number of aromatic nitrogens is 2. The molecule has 0 saturated carbocycles. The minimum absolute atomic E-state index is 0.0579. The van der Waals surface area contributed by atoms with Crippen molar-refractivity contribution >= 4 is 28.5 Å². The highest BCUT2D eigenvalue weighted by molar-refractivity contribution is 6.30. The monoisotopic (exact) mass is 353 g/mol. The van der Waals surface area contributed by atoms with E-state index < -0.39 is 0 Å². The van der Waals surface area contributed by atoms with E-state index in [1.54, 1.807) is 6.20 Å². The van der Waals surface area contributed by atoms with E-state index in [4.69, 9.17) is 16.3 Å². The average Bonchev–Trinajstić information content (AvgIpc) is 2.98. The van der Waals surface area contributed by atoms with Gasteiger partial charge in [0.05, 0.1) is 30.3 Å². The van der Waals surface area contributed by atoms with Crippen LogP contribution >= 0.6 is 11.6 Å². The molecule has 126 valence electrons. The Bertz CT molecular complexity index is 980. The summed E-state index contributed by atoms with van der Waals surface area (Å²) in [6.45, 7) is 2.55. The van der Waals surface area contributed by atoms with Gasteiger partial charge < -0.3 is 14.2 Å². The number of ether oxygens (including phenoxy) is 1. The first-order valence-corrected chi connectivity index (χ1v) is 8.73. The zero-order chi connectivity index (χ0) is 17.0. The van der Waals surface area contributed by atoms with Gasteiger partial charge in [0, 0.05) is 29.9 Å². The second kappa shape index (κ2) is 5.58. The van der Waals surface area contributed by atoms with Crippen molar-refractivity contribution < 1.29 is 9.53 Å². The summed E-state index contributed by atoms with van der Waals surface area (Å²) in [6.07, 6.45) is 1.77. The van der Waals surface area contributed by atoms with Crippen molar-refractivity contribution in [3.05, 3.63) is 53.3 Å². The summed E-state index contributed by atoms with van der Waals surface area (Å²) in [5, 5.41) is 0.675. The van der Waals surface area contributed by atoms with Crippen molar-refractivity contribution in [1.82, 2.24) is 14.5 Å². The number of pyridine rings is 1. The molecule has 2 aliphatic heterocycles. The number of hydrogen-bond acceptors (Lipinski definition) is 3. The maximum atomic E-state index is 13.3. The third kappa shape index (κ3) is 2.19. The van der Waals surface area contributed by atoms with Gasteiger partial charge in [-0.2, -0.15) is 0 Å². The Kier molecular flexibility index (Phi) is 3.33. The van der Waals surface area contributed by atoms with E-state index in [1.165, 1.54) is 0 Å². The normalized spacial score (nSPS) is 19.8. The van der Waals surface area contributed by atoms with Crippen LogP contribution < -0.4 is 0 Å². The topological polar surface area (TPSA) is 47.4 Å². The Morgan fingerprint density at radius 2 is 2.04 bits per heavy atom. The summed E-state index contributed by atoms with van der Waals surface area (Å²) in [5.74, 6) is 0.0579. The van der Waals surface area contributed by atoms with Crippen molar-refractivity contribution in [3.8, 4) is 11.1 Å². The molecule has 0 N–H and O–H groups in total. The van der Waals surface area contributed by atoms with Crippen LogP contribution in [0.5, 0.6) is 0 Å². The third-order valence-electron chi connectivity index (χ3n) is 5.04. The zero-order valence-corrected chi connectivity index (χ0v) is 14.2. The quantitative estimate of drug-likeness (QED) is 0.675. The maximum absolute atomic E-state index is 13.3. The number of hydrogen-bond donors (Lipinski definition) is 0. The number of benzene rings is 1. The molecule has 25 heavy (non-hydrogen) atoms. The van der Waals surface area contributed by atoms with Gasteiger partial charge in [0.1, 0.15) is 5.69 Å². The molecular weight excluding hydrogens is 338 g/mol. The van der Waals surface area contributed by atoms with Crippen LogP contribution in [0.25, 0.3) is 22.2 Å². The molecule has 0 bridgehead atoms. The Morgan fingerprint density at radius 3 is 2.88 bits per heavy atom. The number of carbonyl (C=O) groups is 1. The SMILES string of the molecule is O=C1c2c(-c3ccc(Cl)cc3)c3ncccc3n2CC2COCCN12. The molecule has 0 radical (unpaired) electrons. The van der Waals surface area contributed by atoms with Crippen molar-refractivity contribution in [2.24, 2.45) is 0 Å². The average molecular weight is 354 g/mol. The number of rotatable bonds is 1. The zero-order valence-electron chi connectivity index (χ0n) is 13.5. The Hall–Kier alpha value is -2.37. The van der Waals surface area contributed by atoms with Crippen LogP contribution in [0.2, 0.25) is 5.02 Å². The molecule has 3 aromatic rings. The maximum Gasteiger partial charge on any atom is 0.271 e. The van der Waals surface area contributed by atoms with Crippen molar-refractivity contribution in [1.29, 1.82) is 0 Å². The third-order valence-corrected chi connectivity index (χ3v) is 5.29. The fourth-order valence-electron chi connectivity index (χ4n) is 3.90. The summed E-state index contributed by atoms with van der Waals surface area (Å²) >= 11 is 6.04. The molecule has 6 heteroatoms. The molecule has 4 heterocycles. The summed E-state index contributed by atoms with van der Waals surface area (Å²) in [5.41, 5.74) is 4.41. The van der Waals surface area contributed by atoms with Crippen LogP contribution in [-0.4, -0.2) is 46.2 Å². The molecule has 2 aromatic heterocycles. The lowest BCUT2D eigenvalue weighted by molar-refractivity contribution is -0.0128. The second-order valence-corrected chi connectivity index (χ2v) is 6.88. The van der Waals surface area contributed by atoms with Crippen LogP contribution in [0.1, 0.15) is 10.5 Å². The first-order chi connectivity index (χ1) is 12.2. The fraction of sp³-hybridized carbons (Fsp3) is 0.263.